The van der Waals surface area contributed by atoms with Crippen LogP contribution in [0.15, 0.2) is 4.99 Å². The Morgan fingerprint density at radius 2 is 2.14 bits per heavy atom. The Morgan fingerprint density at radius 1 is 1.43 bits per heavy atom. The number of aliphatic hydroxyl groups excluding tert-OH is 3. The van der Waals surface area contributed by atoms with Crippen LogP contribution in [0.25, 0.3) is 0 Å². The van der Waals surface area contributed by atoms with Crippen LogP contribution in [0.5, 0.6) is 0 Å². The molecule has 1 aliphatic heterocycles. The number of aliphatic imine (C=N–C) groups is 1. The third kappa shape index (κ3) is 1.52. The molecule has 6 heteroatoms. The molecule has 5 nitrogen and oxygen atoms in total. The van der Waals surface area contributed by atoms with E-state index in [9.17, 15) is 10.2 Å². The Kier molecular flexibility index (Phi) is 2.70. The zero-order valence-electron chi connectivity index (χ0n) is 7.58. The first-order valence-corrected chi connectivity index (χ1v) is 5.48. The number of nitrogens with zero attached hydrogens (tertiary/aromatic N) is 1. The van der Waals surface area contributed by atoms with E-state index in [1.807, 2.05) is 0 Å². The summed E-state index contributed by atoms with van der Waals surface area (Å²) < 4.78 is 0. The monoisotopic (exact) mass is 218 g/mol. The summed E-state index contributed by atoms with van der Waals surface area (Å²) in [5.74, 6) is -0.264. The van der Waals surface area contributed by atoms with Crippen molar-refractivity contribution in [1.82, 2.24) is 0 Å². The summed E-state index contributed by atoms with van der Waals surface area (Å²) in [4.78, 5) is 4.08. The van der Waals surface area contributed by atoms with Crippen molar-refractivity contribution < 1.29 is 15.3 Å². The van der Waals surface area contributed by atoms with Crippen LogP contribution in [-0.2, 0) is 0 Å². The number of hydrogen-bond donors (Lipinski definition) is 4. The fourth-order valence-corrected chi connectivity index (χ4v) is 3.27. The molecule has 5 N–H and O–H groups in total. The average molecular weight is 218 g/mol. The van der Waals surface area contributed by atoms with Crippen molar-refractivity contribution in [3.05, 3.63) is 0 Å². The van der Waals surface area contributed by atoms with Gasteiger partial charge in [0.2, 0.25) is 0 Å². The molecule has 1 heterocycles. The molecule has 1 aliphatic carbocycles. The van der Waals surface area contributed by atoms with Crippen molar-refractivity contribution in [2.24, 2.45) is 16.6 Å². The Balaban J connectivity index is 2.14. The Hall–Kier alpha value is -0.300. The number of fused-ring (bicyclic) bond motifs is 1. The van der Waals surface area contributed by atoms with E-state index >= 15 is 0 Å². The second-order valence-electron chi connectivity index (χ2n) is 3.77. The van der Waals surface area contributed by atoms with Gasteiger partial charge in [0.15, 0.2) is 5.17 Å². The molecule has 0 amide bonds. The highest BCUT2D eigenvalue weighted by Gasteiger charge is 2.46. The molecule has 0 aromatic rings. The molecule has 0 saturated heterocycles. The van der Waals surface area contributed by atoms with Crippen molar-refractivity contribution in [2.45, 2.75) is 29.9 Å². The molecule has 0 bridgehead atoms. The molecular weight excluding hydrogens is 204 g/mol. The van der Waals surface area contributed by atoms with E-state index in [-0.39, 0.29) is 23.8 Å². The van der Waals surface area contributed by atoms with Crippen LogP contribution < -0.4 is 5.73 Å². The molecule has 5 atom stereocenters. The molecular formula is C8H14N2O3S. The Labute approximate surface area is 86.0 Å². The highest BCUT2D eigenvalue weighted by molar-refractivity contribution is 8.14. The van der Waals surface area contributed by atoms with Gasteiger partial charge in [-0.2, -0.15) is 0 Å². The number of nitrogens with two attached hydrogens (primary N) is 1. The summed E-state index contributed by atoms with van der Waals surface area (Å²) in [5, 5.41) is 29.0. The third-order valence-electron chi connectivity index (χ3n) is 2.88. The highest BCUT2D eigenvalue weighted by atomic mass is 32.2. The molecule has 1 saturated carbocycles. The summed E-state index contributed by atoms with van der Waals surface area (Å²) in [6.07, 6.45) is -1.15. The minimum absolute atomic E-state index is 0.102. The number of amidine groups is 1. The summed E-state index contributed by atoms with van der Waals surface area (Å²) in [6.45, 7) is -0.109. The first kappa shape index (κ1) is 10.2. The van der Waals surface area contributed by atoms with Crippen molar-refractivity contribution >= 4 is 16.9 Å². The summed E-state index contributed by atoms with van der Waals surface area (Å²) in [5.41, 5.74) is 5.55. The van der Waals surface area contributed by atoms with Gasteiger partial charge in [0.1, 0.15) is 6.10 Å². The van der Waals surface area contributed by atoms with Gasteiger partial charge in [-0.1, -0.05) is 11.8 Å². The van der Waals surface area contributed by atoms with Crippen molar-refractivity contribution in [2.75, 3.05) is 6.61 Å². The molecule has 1 fully saturated rings. The molecule has 2 rings (SSSR count). The molecule has 80 valence electrons. The number of rotatable bonds is 1. The molecule has 14 heavy (non-hydrogen) atoms. The maximum absolute atomic E-state index is 9.73. The van der Waals surface area contributed by atoms with Crippen molar-refractivity contribution in [3.8, 4) is 0 Å². The first-order chi connectivity index (χ1) is 6.63. The maximum Gasteiger partial charge on any atom is 0.154 e. The van der Waals surface area contributed by atoms with Crippen molar-refractivity contribution in [3.63, 3.8) is 0 Å². The topological polar surface area (TPSA) is 99.1 Å². The second kappa shape index (κ2) is 3.69. The molecule has 0 aromatic carbocycles. The van der Waals surface area contributed by atoms with Crippen LogP contribution >= 0.6 is 11.8 Å². The number of thioether (sulfide) groups is 1. The lowest BCUT2D eigenvalue weighted by atomic mass is 9.81. The van der Waals surface area contributed by atoms with Gasteiger partial charge in [0.05, 0.1) is 12.1 Å². The zero-order valence-corrected chi connectivity index (χ0v) is 8.39. The normalized spacial score (nSPS) is 47.4. The molecule has 2 aliphatic rings. The minimum atomic E-state index is -0.903. The van der Waals surface area contributed by atoms with Crippen LogP contribution in [0.1, 0.15) is 6.42 Å². The van der Waals surface area contributed by atoms with Crippen LogP contribution in [-0.4, -0.2) is 50.6 Å². The lowest BCUT2D eigenvalue weighted by Crippen LogP contribution is -2.51. The standard InChI is InChI=1S/C8H14N2O3S/c9-8-10-5-4(14-8)1-3(2-11)6(12)7(5)13/h3-7,11-13H,1-2H2,(H2,9,10)/t3-,4-,5-,6-,7-/m1/s1. The van der Waals surface area contributed by atoms with Gasteiger partial charge >= 0.3 is 0 Å². The SMILES string of the molecule is NC1=N[C@H]2[C@@H](O)[C@H](O)[C@@H](CO)C[C@H]2S1. The second-order valence-corrected chi connectivity index (χ2v) is 5.03. The van der Waals surface area contributed by atoms with E-state index in [1.54, 1.807) is 0 Å². The van der Waals surface area contributed by atoms with Gasteiger partial charge in [-0.3, -0.25) is 4.99 Å². The van der Waals surface area contributed by atoms with E-state index in [1.165, 1.54) is 11.8 Å². The summed E-state index contributed by atoms with van der Waals surface area (Å²) in [7, 11) is 0. The predicted molar refractivity (Wildman–Crippen MR) is 54.0 cm³/mol. The molecule has 0 spiro atoms. The van der Waals surface area contributed by atoms with Crippen LogP contribution in [0.3, 0.4) is 0 Å². The van der Waals surface area contributed by atoms with Gasteiger partial charge in [-0.05, 0) is 6.42 Å². The Bertz CT molecular complexity index is 261. The average Bonchev–Trinajstić information content (AvgIpc) is 2.52. The third-order valence-corrected chi connectivity index (χ3v) is 4.00. The number of hydrogen-bond acceptors (Lipinski definition) is 6. The van der Waals surface area contributed by atoms with E-state index in [0.29, 0.717) is 11.6 Å². The van der Waals surface area contributed by atoms with Gasteiger partial charge in [-0.25, -0.2) is 0 Å². The number of aliphatic hydroxyl groups is 3. The highest BCUT2D eigenvalue weighted by Crippen LogP contribution is 2.38. The van der Waals surface area contributed by atoms with Crippen molar-refractivity contribution in [1.29, 1.82) is 0 Å². The van der Waals surface area contributed by atoms with Crippen LogP contribution in [0.4, 0.5) is 0 Å². The molecule has 0 unspecified atom stereocenters. The van der Waals surface area contributed by atoms with Crippen LogP contribution in [0.2, 0.25) is 0 Å². The van der Waals surface area contributed by atoms with Gasteiger partial charge in [0.25, 0.3) is 0 Å². The van der Waals surface area contributed by atoms with Gasteiger partial charge in [-0.15, -0.1) is 0 Å². The lowest BCUT2D eigenvalue weighted by molar-refractivity contribution is -0.0646. The Morgan fingerprint density at radius 3 is 2.79 bits per heavy atom. The summed E-state index contributed by atoms with van der Waals surface area (Å²) >= 11 is 1.42. The zero-order chi connectivity index (χ0) is 10.3. The molecule has 0 radical (unpaired) electrons. The van der Waals surface area contributed by atoms with Crippen LogP contribution in [0, 0.1) is 5.92 Å². The minimum Gasteiger partial charge on any atom is -0.396 e. The summed E-state index contributed by atoms with van der Waals surface area (Å²) in [6, 6.07) is -0.308. The largest absolute Gasteiger partial charge is 0.396 e. The predicted octanol–water partition coefficient (Wildman–Crippen LogP) is -1.48. The van der Waals surface area contributed by atoms with E-state index in [0.717, 1.165) is 0 Å². The van der Waals surface area contributed by atoms with E-state index < -0.39 is 12.2 Å². The molecule has 0 aromatic heterocycles. The van der Waals surface area contributed by atoms with E-state index in [4.69, 9.17) is 10.8 Å². The smallest absolute Gasteiger partial charge is 0.154 e. The fourth-order valence-electron chi connectivity index (χ4n) is 2.07. The van der Waals surface area contributed by atoms with Gasteiger partial charge in [0, 0.05) is 17.8 Å². The quantitative estimate of drug-likeness (QED) is 0.430. The lowest BCUT2D eigenvalue weighted by Gasteiger charge is -2.37. The fraction of sp³-hybridized carbons (Fsp3) is 0.875. The first-order valence-electron chi connectivity index (χ1n) is 4.60. The maximum atomic E-state index is 9.73. The van der Waals surface area contributed by atoms with E-state index in [2.05, 4.69) is 4.99 Å². The van der Waals surface area contributed by atoms with Gasteiger partial charge < -0.3 is 21.1 Å².